The molecule has 2 aromatic rings. The Kier molecular flexibility index (Phi) is 4.24. The summed E-state index contributed by atoms with van der Waals surface area (Å²) in [4.78, 5) is 15.8. The van der Waals surface area contributed by atoms with Crippen LogP contribution in [0.15, 0.2) is 28.9 Å². The van der Waals surface area contributed by atoms with Crippen molar-refractivity contribution in [1.82, 2.24) is 4.98 Å². The van der Waals surface area contributed by atoms with Crippen molar-refractivity contribution >= 4 is 44.6 Å². The zero-order chi connectivity index (χ0) is 13.1. The van der Waals surface area contributed by atoms with E-state index in [0.717, 1.165) is 22.2 Å². The van der Waals surface area contributed by atoms with Gasteiger partial charge in [-0.15, -0.1) is 0 Å². The smallest absolute Gasteiger partial charge is 0.336 e. The van der Waals surface area contributed by atoms with E-state index in [0.29, 0.717) is 16.5 Å². The summed E-state index contributed by atoms with van der Waals surface area (Å²) in [7, 11) is 0. The van der Waals surface area contributed by atoms with Crippen LogP contribution in [0.4, 0.5) is 0 Å². The maximum atomic E-state index is 11.4. The number of nitrogens with zero attached hydrogens (tertiary/aromatic N) is 1. The molecule has 0 atom stereocenters. The van der Waals surface area contributed by atoms with E-state index in [-0.39, 0.29) is 0 Å². The van der Waals surface area contributed by atoms with E-state index in [4.69, 9.17) is 0 Å². The molecule has 1 aromatic carbocycles. The maximum absolute atomic E-state index is 11.4. The number of fused-ring (bicyclic) bond motifs is 1. The molecule has 0 aliphatic carbocycles. The second-order valence-electron chi connectivity index (χ2n) is 3.87. The number of halogens is 1. The van der Waals surface area contributed by atoms with Crippen LogP contribution < -0.4 is 0 Å². The van der Waals surface area contributed by atoms with Crippen molar-refractivity contribution < 1.29 is 9.90 Å². The zero-order valence-electron chi connectivity index (χ0n) is 9.81. The quantitative estimate of drug-likeness (QED) is 0.933. The normalized spacial score (nSPS) is 10.8. The fourth-order valence-corrected chi connectivity index (χ4v) is 2.64. The predicted octanol–water partition coefficient (Wildman–Crippen LogP) is 3.60. The SMILES string of the molecule is CSCCc1cnc2cc(Br)ccc2c1C(=O)O. The van der Waals surface area contributed by atoms with Crippen LogP contribution in [0.1, 0.15) is 15.9 Å². The third-order valence-electron chi connectivity index (χ3n) is 2.70. The van der Waals surface area contributed by atoms with E-state index >= 15 is 0 Å². The van der Waals surface area contributed by atoms with Crippen LogP contribution in [-0.4, -0.2) is 28.1 Å². The van der Waals surface area contributed by atoms with Gasteiger partial charge >= 0.3 is 5.97 Å². The van der Waals surface area contributed by atoms with E-state index in [1.54, 1.807) is 24.0 Å². The van der Waals surface area contributed by atoms with E-state index in [1.165, 1.54) is 0 Å². The van der Waals surface area contributed by atoms with Gasteiger partial charge in [-0.25, -0.2) is 4.79 Å². The summed E-state index contributed by atoms with van der Waals surface area (Å²) < 4.78 is 0.899. The number of aromatic carboxylic acids is 1. The lowest BCUT2D eigenvalue weighted by molar-refractivity contribution is 0.0698. The van der Waals surface area contributed by atoms with Gasteiger partial charge in [-0.3, -0.25) is 4.98 Å². The van der Waals surface area contributed by atoms with Gasteiger partial charge in [0.15, 0.2) is 0 Å². The summed E-state index contributed by atoms with van der Waals surface area (Å²) >= 11 is 5.06. The van der Waals surface area contributed by atoms with Gasteiger partial charge in [0.1, 0.15) is 0 Å². The van der Waals surface area contributed by atoms with Crippen molar-refractivity contribution in [3.05, 3.63) is 40.0 Å². The topological polar surface area (TPSA) is 50.2 Å². The Morgan fingerprint density at radius 3 is 2.94 bits per heavy atom. The number of carboxylic acid groups (broad SMARTS) is 1. The minimum Gasteiger partial charge on any atom is -0.478 e. The van der Waals surface area contributed by atoms with E-state index < -0.39 is 5.97 Å². The molecule has 0 saturated heterocycles. The Morgan fingerprint density at radius 2 is 2.28 bits per heavy atom. The van der Waals surface area contributed by atoms with Gasteiger partial charge in [0.05, 0.1) is 11.1 Å². The summed E-state index contributed by atoms with van der Waals surface area (Å²) in [6.45, 7) is 0. The first-order valence-electron chi connectivity index (χ1n) is 5.43. The number of hydrogen-bond acceptors (Lipinski definition) is 3. The first-order chi connectivity index (χ1) is 8.63. The van der Waals surface area contributed by atoms with Crippen LogP contribution in [0.2, 0.25) is 0 Å². The van der Waals surface area contributed by atoms with Crippen molar-refractivity contribution in [3.8, 4) is 0 Å². The minimum atomic E-state index is -0.888. The largest absolute Gasteiger partial charge is 0.478 e. The molecule has 0 saturated carbocycles. The predicted molar refractivity (Wildman–Crippen MR) is 78.5 cm³/mol. The number of thioether (sulfide) groups is 1. The second kappa shape index (κ2) is 5.71. The number of benzene rings is 1. The molecule has 18 heavy (non-hydrogen) atoms. The highest BCUT2D eigenvalue weighted by Gasteiger charge is 2.15. The molecular weight excluding hydrogens is 314 g/mol. The molecule has 0 bridgehead atoms. The fraction of sp³-hybridized carbons (Fsp3) is 0.231. The number of aromatic nitrogens is 1. The highest BCUT2D eigenvalue weighted by atomic mass is 79.9. The van der Waals surface area contributed by atoms with Gasteiger partial charge in [-0.05, 0) is 36.1 Å². The van der Waals surface area contributed by atoms with Gasteiger partial charge in [-0.2, -0.15) is 11.8 Å². The molecule has 0 amide bonds. The summed E-state index contributed by atoms with van der Waals surface area (Å²) in [6, 6.07) is 5.48. The van der Waals surface area contributed by atoms with Crippen molar-refractivity contribution in [2.75, 3.05) is 12.0 Å². The third kappa shape index (κ3) is 2.67. The highest BCUT2D eigenvalue weighted by Crippen LogP contribution is 2.24. The van der Waals surface area contributed by atoms with Crippen LogP contribution in [0.5, 0.6) is 0 Å². The molecule has 1 N–H and O–H groups in total. The lowest BCUT2D eigenvalue weighted by Gasteiger charge is -2.08. The van der Waals surface area contributed by atoms with Crippen LogP contribution in [0, 0.1) is 0 Å². The number of aryl methyl sites for hydroxylation is 1. The molecule has 94 valence electrons. The van der Waals surface area contributed by atoms with Gasteiger partial charge in [0.25, 0.3) is 0 Å². The summed E-state index contributed by atoms with van der Waals surface area (Å²) in [5.41, 5.74) is 1.88. The Hall–Kier alpha value is -1.07. The zero-order valence-corrected chi connectivity index (χ0v) is 12.2. The third-order valence-corrected chi connectivity index (χ3v) is 3.80. The average molecular weight is 326 g/mol. The van der Waals surface area contributed by atoms with Crippen molar-refractivity contribution in [3.63, 3.8) is 0 Å². The number of carbonyl (C=O) groups is 1. The molecule has 2 rings (SSSR count). The lowest BCUT2D eigenvalue weighted by Crippen LogP contribution is -2.06. The standard InChI is InChI=1S/C13H12BrNO2S/c1-18-5-4-8-7-15-11-6-9(14)2-3-10(11)12(8)13(16)17/h2-3,6-7H,4-5H2,1H3,(H,16,17). The number of pyridine rings is 1. The number of carboxylic acids is 1. The minimum absolute atomic E-state index is 0.376. The fourth-order valence-electron chi connectivity index (χ4n) is 1.86. The number of hydrogen-bond donors (Lipinski definition) is 1. The van der Waals surface area contributed by atoms with E-state index in [1.807, 2.05) is 18.4 Å². The maximum Gasteiger partial charge on any atom is 0.336 e. The Bertz CT molecular complexity index is 601. The summed E-state index contributed by atoms with van der Waals surface area (Å²) in [6.07, 6.45) is 4.41. The summed E-state index contributed by atoms with van der Waals surface area (Å²) in [5.74, 6) is 0.00473. The van der Waals surface area contributed by atoms with Gasteiger partial charge < -0.3 is 5.11 Å². The van der Waals surface area contributed by atoms with Crippen LogP contribution >= 0.6 is 27.7 Å². The van der Waals surface area contributed by atoms with Crippen molar-refractivity contribution in [2.24, 2.45) is 0 Å². The van der Waals surface area contributed by atoms with Crippen LogP contribution in [0.3, 0.4) is 0 Å². The van der Waals surface area contributed by atoms with Gasteiger partial charge in [0, 0.05) is 16.1 Å². The van der Waals surface area contributed by atoms with Crippen LogP contribution in [-0.2, 0) is 6.42 Å². The summed E-state index contributed by atoms with van der Waals surface area (Å²) in [5, 5.41) is 10.1. The van der Waals surface area contributed by atoms with Crippen molar-refractivity contribution in [2.45, 2.75) is 6.42 Å². The van der Waals surface area contributed by atoms with E-state index in [9.17, 15) is 9.90 Å². The monoisotopic (exact) mass is 325 g/mol. The second-order valence-corrected chi connectivity index (χ2v) is 5.77. The lowest BCUT2D eigenvalue weighted by atomic mass is 10.0. The first kappa shape index (κ1) is 13.4. The molecule has 0 unspecified atom stereocenters. The molecular formula is C13H12BrNO2S. The van der Waals surface area contributed by atoms with Crippen molar-refractivity contribution in [1.29, 1.82) is 0 Å². The molecule has 3 nitrogen and oxygen atoms in total. The number of rotatable bonds is 4. The first-order valence-corrected chi connectivity index (χ1v) is 7.61. The molecule has 0 radical (unpaired) electrons. The molecule has 1 aromatic heterocycles. The molecule has 5 heteroatoms. The van der Waals surface area contributed by atoms with Gasteiger partial charge in [0.2, 0.25) is 0 Å². The van der Waals surface area contributed by atoms with E-state index in [2.05, 4.69) is 20.9 Å². The Labute approximate surface area is 118 Å². The van der Waals surface area contributed by atoms with Crippen LogP contribution in [0.25, 0.3) is 10.9 Å². The highest BCUT2D eigenvalue weighted by molar-refractivity contribution is 9.10. The Morgan fingerprint density at radius 1 is 1.50 bits per heavy atom. The Balaban J connectivity index is 2.62. The molecule has 0 spiro atoms. The van der Waals surface area contributed by atoms with Gasteiger partial charge in [-0.1, -0.05) is 22.0 Å². The average Bonchev–Trinajstić information content (AvgIpc) is 2.35. The molecule has 1 heterocycles. The molecule has 0 aliphatic rings. The molecule has 0 fully saturated rings. The molecule has 0 aliphatic heterocycles.